The first kappa shape index (κ1) is 6.62. The molecule has 0 fully saturated rings. The van der Waals surface area contributed by atoms with Crippen LogP contribution in [-0.2, 0) is 0 Å². The summed E-state index contributed by atoms with van der Waals surface area (Å²) in [6.45, 7) is 1.74. The lowest BCUT2D eigenvalue weighted by Crippen LogP contribution is -2.23. The highest BCUT2D eigenvalue weighted by molar-refractivity contribution is 5.04. The topological polar surface area (TPSA) is 32.3 Å². The molecule has 0 aliphatic heterocycles. The van der Waals surface area contributed by atoms with Gasteiger partial charge in [0.1, 0.15) is 6.23 Å². The van der Waals surface area contributed by atoms with Crippen LogP contribution in [0.3, 0.4) is 0 Å². The van der Waals surface area contributed by atoms with Gasteiger partial charge in [-0.05, 0) is 26.2 Å². The van der Waals surface area contributed by atoms with Gasteiger partial charge in [-0.15, -0.1) is 0 Å². The zero-order valence-corrected chi connectivity index (χ0v) is 5.72. The molecule has 0 bridgehead atoms. The first-order valence-corrected chi connectivity index (χ1v) is 3.42. The molecule has 1 aliphatic rings. The van der Waals surface area contributed by atoms with Crippen molar-refractivity contribution >= 4 is 0 Å². The van der Waals surface area contributed by atoms with E-state index in [0.29, 0.717) is 0 Å². The maximum absolute atomic E-state index is 8.86. The number of allylic oxidation sites excluding steroid dienone is 2. The fraction of sp³-hybridized carbons (Fsp3) is 0.714. The lowest BCUT2D eigenvalue weighted by Gasteiger charge is -2.08. The van der Waals surface area contributed by atoms with E-state index in [2.05, 4.69) is 11.4 Å². The Kier molecular flexibility index (Phi) is 2.11. The standard InChI is InChI=1S/C7H13NO/c1-6(9)8-7-4-2-3-5-7/h4,6,8-9H,2-3,5H2,1H3. The van der Waals surface area contributed by atoms with Crippen LogP contribution < -0.4 is 5.32 Å². The maximum atomic E-state index is 8.86. The Bertz CT molecular complexity index is 118. The number of hydrogen-bond donors (Lipinski definition) is 2. The van der Waals surface area contributed by atoms with Gasteiger partial charge in [0, 0.05) is 5.70 Å². The Morgan fingerprint density at radius 3 is 3.00 bits per heavy atom. The fourth-order valence-corrected chi connectivity index (χ4v) is 1.07. The average Bonchev–Trinajstić information content (AvgIpc) is 2.15. The molecule has 0 aromatic rings. The Morgan fingerprint density at radius 2 is 2.56 bits per heavy atom. The lowest BCUT2D eigenvalue weighted by atomic mass is 10.3. The summed E-state index contributed by atoms with van der Waals surface area (Å²) < 4.78 is 0. The first-order chi connectivity index (χ1) is 4.29. The summed E-state index contributed by atoms with van der Waals surface area (Å²) in [6, 6.07) is 0. The van der Waals surface area contributed by atoms with Gasteiger partial charge in [0.05, 0.1) is 0 Å². The lowest BCUT2D eigenvalue weighted by molar-refractivity contribution is 0.168. The van der Waals surface area contributed by atoms with Crippen molar-refractivity contribution in [2.24, 2.45) is 0 Å². The van der Waals surface area contributed by atoms with Crippen molar-refractivity contribution in [3.8, 4) is 0 Å². The van der Waals surface area contributed by atoms with Gasteiger partial charge in [-0.2, -0.15) is 0 Å². The van der Waals surface area contributed by atoms with E-state index in [9.17, 15) is 0 Å². The van der Waals surface area contributed by atoms with Crippen LogP contribution in [0.5, 0.6) is 0 Å². The van der Waals surface area contributed by atoms with Gasteiger partial charge in [-0.25, -0.2) is 0 Å². The number of nitrogens with one attached hydrogen (secondary N) is 1. The van der Waals surface area contributed by atoms with Gasteiger partial charge >= 0.3 is 0 Å². The van der Waals surface area contributed by atoms with E-state index in [1.54, 1.807) is 6.92 Å². The van der Waals surface area contributed by atoms with Gasteiger partial charge < -0.3 is 10.4 Å². The minimum Gasteiger partial charge on any atom is -0.374 e. The van der Waals surface area contributed by atoms with E-state index in [1.165, 1.54) is 12.1 Å². The molecule has 9 heavy (non-hydrogen) atoms. The van der Waals surface area contributed by atoms with Crippen molar-refractivity contribution in [1.29, 1.82) is 0 Å². The van der Waals surface area contributed by atoms with Crippen molar-refractivity contribution in [1.82, 2.24) is 5.32 Å². The summed E-state index contributed by atoms with van der Waals surface area (Å²) in [4.78, 5) is 0. The summed E-state index contributed by atoms with van der Waals surface area (Å²) in [5.74, 6) is 0. The molecule has 1 unspecified atom stereocenters. The molecular formula is C7H13NO. The third-order valence-electron chi connectivity index (χ3n) is 1.44. The van der Waals surface area contributed by atoms with Crippen LogP contribution in [0.1, 0.15) is 26.2 Å². The van der Waals surface area contributed by atoms with Crippen molar-refractivity contribution in [2.45, 2.75) is 32.4 Å². The molecule has 1 rings (SSSR count). The molecule has 0 spiro atoms. The minimum absolute atomic E-state index is 0.394. The highest BCUT2D eigenvalue weighted by Crippen LogP contribution is 2.14. The second-order valence-electron chi connectivity index (χ2n) is 2.44. The van der Waals surface area contributed by atoms with Crippen LogP contribution in [0.15, 0.2) is 11.8 Å². The van der Waals surface area contributed by atoms with E-state index in [1.807, 2.05) is 0 Å². The zero-order valence-electron chi connectivity index (χ0n) is 5.72. The van der Waals surface area contributed by atoms with Gasteiger partial charge in [-0.1, -0.05) is 6.08 Å². The molecule has 0 aromatic carbocycles. The van der Waals surface area contributed by atoms with E-state index < -0.39 is 6.23 Å². The van der Waals surface area contributed by atoms with Crippen molar-refractivity contribution in [3.63, 3.8) is 0 Å². The number of aliphatic hydroxyl groups excluding tert-OH is 1. The number of aliphatic hydroxyl groups is 1. The van der Waals surface area contributed by atoms with Gasteiger partial charge in [-0.3, -0.25) is 0 Å². The summed E-state index contributed by atoms with van der Waals surface area (Å²) in [6.07, 6.45) is 5.25. The van der Waals surface area contributed by atoms with Crippen LogP contribution in [0.25, 0.3) is 0 Å². The van der Waals surface area contributed by atoms with Crippen LogP contribution in [0.4, 0.5) is 0 Å². The van der Waals surface area contributed by atoms with E-state index >= 15 is 0 Å². The third kappa shape index (κ3) is 2.06. The molecule has 0 saturated carbocycles. The molecule has 0 saturated heterocycles. The normalized spacial score (nSPS) is 21.3. The van der Waals surface area contributed by atoms with Crippen LogP contribution in [0, 0.1) is 0 Å². The Balaban J connectivity index is 2.26. The van der Waals surface area contributed by atoms with Crippen LogP contribution in [0.2, 0.25) is 0 Å². The number of hydrogen-bond acceptors (Lipinski definition) is 2. The molecule has 52 valence electrons. The zero-order chi connectivity index (χ0) is 6.69. The predicted molar refractivity (Wildman–Crippen MR) is 36.8 cm³/mol. The maximum Gasteiger partial charge on any atom is 0.121 e. The summed E-state index contributed by atoms with van der Waals surface area (Å²) in [7, 11) is 0. The largest absolute Gasteiger partial charge is 0.374 e. The second-order valence-corrected chi connectivity index (χ2v) is 2.44. The van der Waals surface area contributed by atoms with Crippen molar-refractivity contribution in [3.05, 3.63) is 11.8 Å². The van der Waals surface area contributed by atoms with Crippen LogP contribution in [-0.4, -0.2) is 11.3 Å². The molecule has 1 aliphatic carbocycles. The minimum atomic E-state index is -0.394. The summed E-state index contributed by atoms with van der Waals surface area (Å²) in [5.41, 5.74) is 1.20. The number of rotatable bonds is 2. The second kappa shape index (κ2) is 2.87. The highest BCUT2D eigenvalue weighted by Gasteiger charge is 2.04. The van der Waals surface area contributed by atoms with Crippen molar-refractivity contribution < 1.29 is 5.11 Å². The Hall–Kier alpha value is -0.500. The van der Waals surface area contributed by atoms with Crippen molar-refractivity contribution in [2.75, 3.05) is 0 Å². The monoisotopic (exact) mass is 127 g/mol. The fourth-order valence-electron chi connectivity index (χ4n) is 1.07. The molecule has 2 heteroatoms. The third-order valence-corrected chi connectivity index (χ3v) is 1.44. The quantitative estimate of drug-likeness (QED) is 0.542. The Labute approximate surface area is 55.6 Å². The highest BCUT2D eigenvalue weighted by atomic mass is 16.3. The Morgan fingerprint density at radius 1 is 1.78 bits per heavy atom. The molecule has 0 amide bonds. The van der Waals surface area contributed by atoms with Gasteiger partial charge in [0.15, 0.2) is 0 Å². The average molecular weight is 127 g/mol. The summed E-state index contributed by atoms with van der Waals surface area (Å²) >= 11 is 0. The molecule has 0 radical (unpaired) electrons. The van der Waals surface area contributed by atoms with E-state index in [-0.39, 0.29) is 0 Å². The van der Waals surface area contributed by atoms with E-state index in [0.717, 1.165) is 12.8 Å². The SMILES string of the molecule is CC(O)NC1=CCCC1. The smallest absolute Gasteiger partial charge is 0.121 e. The van der Waals surface area contributed by atoms with Gasteiger partial charge in [0.2, 0.25) is 0 Å². The first-order valence-electron chi connectivity index (χ1n) is 3.42. The predicted octanol–water partition coefficient (Wildman–Crippen LogP) is 0.982. The molecule has 2 nitrogen and oxygen atoms in total. The molecular weight excluding hydrogens is 114 g/mol. The van der Waals surface area contributed by atoms with E-state index in [4.69, 9.17) is 5.11 Å². The molecule has 1 atom stereocenters. The molecule has 0 heterocycles. The summed E-state index contributed by atoms with van der Waals surface area (Å²) in [5, 5.41) is 11.8. The van der Waals surface area contributed by atoms with Crippen LogP contribution >= 0.6 is 0 Å². The molecule has 2 N–H and O–H groups in total. The molecule has 0 aromatic heterocycles. The van der Waals surface area contributed by atoms with Gasteiger partial charge in [0.25, 0.3) is 0 Å².